The minimum absolute atomic E-state index is 0.00868. The molecule has 0 bridgehead atoms. The number of amides is 9. The van der Waals surface area contributed by atoms with Crippen LogP contribution in [0.3, 0.4) is 0 Å². The van der Waals surface area contributed by atoms with Crippen molar-refractivity contribution in [3.63, 3.8) is 0 Å². The van der Waals surface area contributed by atoms with Gasteiger partial charge in [-0.15, -0.1) is 0 Å². The summed E-state index contributed by atoms with van der Waals surface area (Å²) in [5.74, 6) is -9.78. The first-order valence-electron chi connectivity index (χ1n) is 32.3. The van der Waals surface area contributed by atoms with Gasteiger partial charge < -0.3 is 87.5 Å². The van der Waals surface area contributed by atoms with Crippen molar-refractivity contribution >= 4 is 59.1 Å². The second kappa shape index (κ2) is 40.3. The number of aliphatic hydroxyl groups excluding tert-OH is 5. The van der Waals surface area contributed by atoms with E-state index < -0.39 is 195 Å². The third-order valence-electron chi connectivity index (χ3n) is 16.2. The molecule has 94 heavy (non-hydrogen) atoms. The first kappa shape index (κ1) is 80.3. The molecule has 2 aromatic carbocycles. The minimum Gasteiger partial charge on any atom is -0.508 e. The molecule has 0 aromatic heterocycles. The maximum atomic E-state index is 14.0. The fourth-order valence-corrected chi connectivity index (χ4v) is 10.4. The van der Waals surface area contributed by atoms with Gasteiger partial charge >= 0.3 is 5.97 Å². The van der Waals surface area contributed by atoms with Gasteiger partial charge in [-0.1, -0.05) is 124 Å². The third kappa shape index (κ3) is 26.8. The van der Waals surface area contributed by atoms with Gasteiger partial charge in [0.15, 0.2) is 0 Å². The number of cyclic esters (lactones) is 1. The van der Waals surface area contributed by atoms with Crippen molar-refractivity contribution in [3.05, 3.63) is 84.0 Å². The number of ether oxygens (including phenoxy) is 1. The van der Waals surface area contributed by atoms with Crippen LogP contribution in [0.15, 0.2) is 72.8 Å². The molecule has 2 aromatic rings. The molecule has 524 valence electrons. The number of hydrogen-bond donors (Lipinski definition) is 14. The zero-order valence-electron chi connectivity index (χ0n) is 56.1. The lowest BCUT2D eigenvalue weighted by Crippen LogP contribution is -2.58. The number of likely N-dealkylation sites (N-methyl/N-ethyl adjacent to an activating group) is 2. The van der Waals surface area contributed by atoms with Gasteiger partial charge in [0.05, 0.1) is 75.0 Å². The predicted octanol–water partition coefficient (Wildman–Crippen LogP) is 0.822. The molecule has 0 saturated heterocycles. The highest BCUT2D eigenvalue weighted by Gasteiger charge is 2.39. The molecule has 27 heteroatoms. The zero-order chi connectivity index (χ0) is 70.5. The summed E-state index contributed by atoms with van der Waals surface area (Å²) in [6, 6.07) is 0.859. The number of unbranched alkanes of at least 4 members (excludes halogenated alkanes) is 4. The first-order valence-corrected chi connectivity index (χ1v) is 32.3. The van der Waals surface area contributed by atoms with Gasteiger partial charge in [-0.2, -0.15) is 0 Å². The summed E-state index contributed by atoms with van der Waals surface area (Å²) >= 11 is 0. The monoisotopic (exact) mass is 1320 g/mol. The topological polar surface area (TPSA) is 412 Å². The summed E-state index contributed by atoms with van der Waals surface area (Å²) in [7, 11) is 2.85. The van der Waals surface area contributed by atoms with Crippen LogP contribution in [0.4, 0.5) is 0 Å². The zero-order valence-corrected chi connectivity index (χ0v) is 56.1. The molecular formula is C67H103N9O18. The number of hydrogen-bond acceptors (Lipinski definition) is 18. The predicted molar refractivity (Wildman–Crippen MR) is 348 cm³/mol. The Hall–Kier alpha value is -7.98. The Kier molecular flexibility index (Phi) is 34.4. The molecule has 0 fully saturated rings. The van der Waals surface area contributed by atoms with Crippen LogP contribution in [0.1, 0.15) is 131 Å². The van der Waals surface area contributed by atoms with Gasteiger partial charge in [-0.3, -0.25) is 43.2 Å². The highest BCUT2D eigenvalue weighted by atomic mass is 16.5. The smallest absolute Gasteiger partial charge is 0.329 e. The van der Waals surface area contributed by atoms with Crippen molar-refractivity contribution in [1.29, 1.82) is 0 Å². The number of rotatable bonds is 36. The Bertz CT molecular complexity index is 2850. The molecule has 0 aliphatic carbocycles. The first-order chi connectivity index (χ1) is 44.3. The Morgan fingerprint density at radius 3 is 1.48 bits per heavy atom. The summed E-state index contributed by atoms with van der Waals surface area (Å²) in [6.07, 6.45) is 4.19. The van der Waals surface area contributed by atoms with E-state index in [2.05, 4.69) is 44.1 Å². The molecule has 1 aliphatic heterocycles. The fraction of sp³-hybridized carbons (Fsp3) is 0.612. The van der Waals surface area contributed by atoms with Crippen molar-refractivity contribution in [2.45, 2.75) is 206 Å². The van der Waals surface area contributed by atoms with Crippen molar-refractivity contribution in [3.8, 4) is 11.5 Å². The van der Waals surface area contributed by atoms with Crippen LogP contribution in [-0.2, 0) is 65.5 Å². The standard InChI is InChI=1S/C67H103N9O18/c1-12-13-14-15-16-17-18-19-54(84)69-47(30-42-20-25-45(79)26-21-42)51(81)32-55(85)73-60(39(4)5)64(90)70-49(36-78)53(83)34-57(87)74-61(40(6)7)65(91)71-48(35-77)52(82)33-56(86)72-59(38(2)3)63(89)68-44-24-29-58(88)76(11)62(41(8)9)66(92)75(10)50(67(93)94-37-44)31-43-22-27-46(80)28-23-43/h17-18,20-29,38-41,44,47-53,59-62,77-83H,12-16,19,30-37H2,1-11H3,(H,68,89)(H,69,84)(H,70,90)(H,71,91)(H,72,86)(H,73,85)(H,74,87)/b18-17-,29-24?/t44-,47+,48+,49+,50+,51+,52+,53+,59+,60+,61+,62+/m1/s1. The molecule has 0 radical (unpaired) electrons. The van der Waals surface area contributed by atoms with Crippen LogP contribution in [0, 0.1) is 23.7 Å². The largest absolute Gasteiger partial charge is 0.508 e. The Morgan fingerprint density at radius 2 is 1.03 bits per heavy atom. The Labute approximate surface area is 551 Å². The second-order valence-electron chi connectivity index (χ2n) is 25.4. The Balaban J connectivity index is 1.65. The number of carbonyl (C=O) groups is 10. The number of nitrogens with one attached hydrogen (secondary N) is 7. The van der Waals surface area contributed by atoms with E-state index in [0.717, 1.165) is 38.2 Å². The lowest BCUT2D eigenvalue weighted by atomic mass is 9.97. The van der Waals surface area contributed by atoms with Crippen LogP contribution < -0.4 is 37.2 Å². The summed E-state index contributed by atoms with van der Waals surface area (Å²) in [5.41, 5.74) is 1.23. The van der Waals surface area contributed by atoms with Gasteiger partial charge in [0.2, 0.25) is 53.2 Å². The van der Waals surface area contributed by atoms with E-state index in [1.165, 1.54) is 54.2 Å². The number of carbonyl (C=O) groups excluding carboxylic acids is 10. The van der Waals surface area contributed by atoms with E-state index in [1.807, 2.05) is 6.08 Å². The number of aromatic hydroxyl groups is 2. The molecule has 3 rings (SSSR count). The highest BCUT2D eigenvalue weighted by Crippen LogP contribution is 2.21. The van der Waals surface area contributed by atoms with Crippen molar-refractivity contribution < 1.29 is 88.4 Å². The van der Waals surface area contributed by atoms with E-state index in [0.29, 0.717) is 11.1 Å². The molecule has 0 saturated carbocycles. The van der Waals surface area contributed by atoms with E-state index in [9.17, 15) is 83.7 Å². The van der Waals surface area contributed by atoms with Crippen LogP contribution >= 0.6 is 0 Å². The summed E-state index contributed by atoms with van der Waals surface area (Å²) in [4.78, 5) is 139. The third-order valence-corrected chi connectivity index (χ3v) is 16.2. The molecule has 0 spiro atoms. The fourth-order valence-electron chi connectivity index (χ4n) is 10.4. The summed E-state index contributed by atoms with van der Waals surface area (Å²) in [5, 5.41) is 92.0. The number of allylic oxidation sites excluding steroid dienone is 1. The number of nitrogens with zero attached hydrogens (tertiary/aromatic N) is 2. The molecule has 9 amide bonds. The maximum Gasteiger partial charge on any atom is 0.329 e. The highest BCUT2D eigenvalue weighted by molar-refractivity contribution is 5.95. The SMILES string of the molecule is CCCCCC/C=C\CC(=O)N[C@@H](Cc1ccc(O)cc1)[C@@H](O)CC(=O)N[C@H](C(=O)N[C@@H](CO)[C@@H](O)CC(=O)N[C@H](C(=O)N[C@@H](CO)[C@@H](O)CC(=O)N[C@H](C(=O)N[C@@H]1C=CC(=O)N(C)[C@@H](C(C)C)C(=O)N(C)[C@@H](Cc2ccc(O)cc2)C(=O)OC1)C(C)C)C(C)C)C(C)C. The van der Waals surface area contributed by atoms with E-state index in [4.69, 9.17) is 4.74 Å². The normalized spacial score (nSPS) is 18.6. The van der Waals surface area contributed by atoms with E-state index in [-0.39, 0.29) is 30.8 Å². The van der Waals surface area contributed by atoms with E-state index >= 15 is 0 Å². The van der Waals surface area contributed by atoms with E-state index in [1.54, 1.807) is 85.7 Å². The minimum atomic E-state index is -1.78. The molecule has 14 N–H and O–H groups in total. The average Bonchev–Trinajstić information content (AvgIpc) is 0.861. The van der Waals surface area contributed by atoms with Crippen LogP contribution in [-0.4, -0.2) is 211 Å². The van der Waals surface area contributed by atoms with Gasteiger partial charge in [-0.25, -0.2) is 4.79 Å². The van der Waals surface area contributed by atoms with Gasteiger partial charge in [-0.05, 0) is 78.3 Å². The maximum absolute atomic E-state index is 14.0. The van der Waals surface area contributed by atoms with Crippen molar-refractivity contribution in [2.24, 2.45) is 23.7 Å². The number of phenolic OH excluding ortho intramolecular Hbond substituents is 2. The number of aliphatic hydroxyl groups is 5. The van der Waals surface area contributed by atoms with Crippen LogP contribution in [0.5, 0.6) is 11.5 Å². The van der Waals surface area contributed by atoms with Gasteiger partial charge in [0.1, 0.15) is 48.3 Å². The van der Waals surface area contributed by atoms with Crippen LogP contribution in [0.2, 0.25) is 0 Å². The quantitative estimate of drug-likeness (QED) is 0.0255. The molecule has 0 unspecified atom stereocenters. The van der Waals surface area contributed by atoms with Crippen molar-refractivity contribution in [1.82, 2.24) is 47.0 Å². The molecule has 12 atom stereocenters. The molecule has 1 heterocycles. The number of phenols is 2. The summed E-state index contributed by atoms with van der Waals surface area (Å²) < 4.78 is 5.69. The van der Waals surface area contributed by atoms with Gasteiger partial charge in [0, 0.05) is 33.0 Å². The molecular weight excluding hydrogens is 1220 g/mol. The lowest BCUT2D eigenvalue weighted by molar-refractivity contribution is -0.157. The molecule has 1 aliphatic rings. The molecule has 27 nitrogen and oxygen atoms in total. The Morgan fingerprint density at radius 1 is 0.574 bits per heavy atom. The lowest BCUT2D eigenvalue weighted by Gasteiger charge is -2.36. The second-order valence-corrected chi connectivity index (χ2v) is 25.4. The number of esters is 1. The number of benzene rings is 2. The summed E-state index contributed by atoms with van der Waals surface area (Å²) in [6.45, 7) is 12.9. The van der Waals surface area contributed by atoms with Crippen molar-refractivity contribution in [2.75, 3.05) is 33.9 Å². The average molecular weight is 1320 g/mol. The van der Waals surface area contributed by atoms with Crippen LogP contribution in [0.25, 0.3) is 0 Å². The van der Waals surface area contributed by atoms with Gasteiger partial charge in [0.25, 0.3) is 0 Å².